The Hall–Kier alpha value is -7.04. The lowest BCUT2D eigenvalue weighted by Crippen LogP contribution is -2.06. The predicted octanol–water partition coefficient (Wildman–Crippen LogP) is 2.90. The third-order valence-corrected chi connectivity index (χ3v) is 6.98. The molecule has 4 aromatic carbocycles. The number of aromatic carboxylic acids is 2. The molecule has 46 heavy (non-hydrogen) atoms. The van der Waals surface area contributed by atoms with Crippen molar-refractivity contribution < 1.29 is 74.6 Å². The van der Waals surface area contributed by atoms with Gasteiger partial charge in [0.05, 0.1) is 21.9 Å². The molecular formula is C29H18O17. The van der Waals surface area contributed by atoms with Crippen molar-refractivity contribution in [3.05, 3.63) is 61.8 Å². The van der Waals surface area contributed by atoms with E-state index in [-0.39, 0.29) is 27.1 Å². The molecule has 0 saturated heterocycles. The Morgan fingerprint density at radius 3 is 1.30 bits per heavy atom. The predicted molar refractivity (Wildman–Crippen MR) is 153 cm³/mol. The Morgan fingerprint density at radius 1 is 0.522 bits per heavy atom. The first-order chi connectivity index (χ1) is 21.5. The summed E-state index contributed by atoms with van der Waals surface area (Å²) in [4.78, 5) is 46.8. The van der Waals surface area contributed by atoms with E-state index in [1.54, 1.807) is 0 Å². The number of aryl methyl sites for hydroxylation is 1. The van der Waals surface area contributed by atoms with Crippen molar-refractivity contribution in [2.24, 2.45) is 0 Å². The van der Waals surface area contributed by atoms with Gasteiger partial charge in [-0.05, 0) is 36.8 Å². The van der Waals surface area contributed by atoms with E-state index in [2.05, 4.69) is 0 Å². The molecule has 11 N–H and O–H groups in total. The second kappa shape index (κ2) is 10.3. The highest BCUT2D eigenvalue weighted by molar-refractivity contribution is 6.22. The largest absolute Gasteiger partial charge is 0.504 e. The summed E-state index contributed by atoms with van der Waals surface area (Å²) < 4.78 is 9.87. The number of benzene rings is 4. The van der Waals surface area contributed by atoms with E-state index in [9.17, 15) is 75.3 Å². The molecule has 17 heteroatoms. The molecule has 0 spiro atoms. The lowest BCUT2D eigenvalue weighted by Gasteiger charge is -2.16. The third-order valence-electron chi connectivity index (χ3n) is 6.98. The second-order valence-electron chi connectivity index (χ2n) is 9.71. The zero-order chi connectivity index (χ0) is 34.1. The summed E-state index contributed by atoms with van der Waals surface area (Å²) in [5.74, 6) is -10.9. The van der Waals surface area contributed by atoms with Crippen LogP contribution in [0, 0.1) is 6.92 Å². The number of hydrogen-bond acceptors (Lipinski definition) is 15. The summed E-state index contributed by atoms with van der Waals surface area (Å²) in [7, 11) is 0. The number of phenols is 9. The van der Waals surface area contributed by atoms with Gasteiger partial charge in [0.25, 0.3) is 0 Å². The van der Waals surface area contributed by atoms with E-state index in [1.807, 2.05) is 0 Å². The van der Waals surface area contributed by atoms with Crippen molar-refractivity contribution in [2.45, 2.75) is 6.92 Å². The molecule has 0 fully saturated rings. The highest BCUT2D eigenvalue weighted by atomic mass is 16.4. The minimum atomic E-state index is -1.67. The van der Waals surface area contributed by atoms with Crippen molar-refractivity contribution in [1.29, 1.82) is 0 Å². The normalized spacial score (nSPS) is 11.2. The summed E-state index contributed by atoms with van der Waals surface area (Å²) >= 11 is 0. The number of carbonyl (C=O) groups is 2. The fraction of sp³-hybridized carbons (Fsp3) is 0.0345. The first kappa shape index (κ1) is 30.4. The van der Waals surface area contributed by atoms with Crippen LogP contribution in [-0.2, 0) is 0 Å². The molecule has 17 nitrogen and oxygen atoms in total. The van der Waals surface area contributed by atoms with Crippen molar-refractivity contribution in [3.63, 3.8) is 0 Å². The number of aromatic hydroxyl groups is 9. The highest BCUT2D eigenvalue weighted by Gasteiger charge is 2.30. The molecule has 2 aromatic heterocycles. The Bertz CT molecular complexity index is 2250. The first-order valence-corrected chi connectivity index (χ1v) is 12.4. The van der Waals surface area contributed by atoms with Crippen LogP contribution in [0.2, 0.25) is 0 Å². The van der Waals surface area contributed by atoms with E-state index < -0.39 is 108 Å². The van der Waals surface area contributed by atoms with Crippen LogP contribution >= 0.6 is 0 Å². The molecule has 6 aromatic rings. The van der Waals surface area contributed by atoms with E-state index in [0.29, 0.717) is 6.07 Å². The first-order valence-electron chi connectivity index (χ1n) is 12.4. The van der Waals surface area contributed by atoms with Gasteiger partial charge in [0.1, 0.15) is 0 Å². The number of phenolic OH excluding ortho intramolecular Hbond substituents is 9. The third kappa shape index (κ3) is 4.34. The van der Waals surface area contributed by atoms with Crippen LogP contribution < -0.4 is 11.3 Å². The van der Waals surface area contributed by atoms with Crippen LogP contribution in [-0.4, -0.2) is 68.1 Å². The lowest BCUT2D eigenvalue weighted by atomic mass is 9.91. The van der Waals surface area contributed by atoms with Crippen LogP contribution in [0.4, 0.5) is 0 Å². The Labute approximate surface area is 251 Å². The molecule has 0 bridgehead atoms. The molecule has 236 valence electrons. The zero-order valence-corrected chi connectivity index (χ0v) is 22.7. The minimum Gasteiger partial charge on any atom is -0.504 e. The fourth-order valence-corrected chi connectivity index (χ4v) is 4.86. The SMILES string of the molecule is Cc1cc(C(=O)O)c(-c2c(C(=O)O)cc(O)c(O)c2O)c(O)c1O.O=c1oc2c(O)c(O)cc3c(=O)oc4c(O)c(O)cc1c4c23. The van der Waals surface area contributed by atoms with Gasteiger partial charge in [-0.25, -0.2) is 19.2 Å². The molecule has 6 rings (SSSR count). The Balaban J connectivity index is 0.000000182. The summed E-state index contributed by atoms with van der Waals surface area (Å²) in [5, 5.41) is 106. The summed E-state index contributed by atoms with van der Waals surface area (Å²) in [5.41, 5.74) is -5.58. The van der Waals surface area contributed by atoms with Gasteiger partial charge in [0.2, 0.25) is 17.2 Å². The van der Waals surface area contributed by atoms with E-state index >= 15 is 0 Å². The maximum absolute atomic E-state index is 12.0. The minimum absolute atomic E-state index is 0.00597. The van der Waals surface area contributed by atoms with Crippen LogP contribution in [0.3, 0.4) is 0 Å². The molecule has 0 amide bonds. The average Bonchev–Trinajstić information content (AvgIpc) is 2.99. The molecule has 0 atom stereocenters. The standard InChI is InChI=1S/C15H12O9.C14H6O8/c1-4-2-5(14(21)22)8(12(19)10(4)17)9-6(15(23)24)3-7(16)11(18)13(9)20;15-5-1-3-7-8-4(14(20)22-11(7)9(5)17)2-6(16)10(18)12(8)21-13(3)19/h2-3,16-20H,1H3,(H,21,22)(H,23,24);1-2,15-18H. The number of hydrogen-bond donors (Lipinski definition) is 11. The van der Waals surface area contributed by atoms with Crippen LogP contribution in [0.5, 0.6) is 51.7 Å². The quantitative estimate of drug-likeness (QED) is 0.0753. The Kier molecular flexibility index (Phi) is 6.81. The monoisotopic (exact) mass is 638 g/mol. The van der Waals surface area contributed by atoms with Crippen molar-refractivity contribution in [1.82, 2.24) is 0 Å². The molecule has 0 radical (unpaired) electrons. The maximum Gasteiger partial charge on any atom is 0.344 e. The highest BCUT2D eigenvalue weighted by Crippen LogP contribution is 2.51. The average molecular weight is 638 g/mol. The molecule has 2 heterocycles. The van der Waals surface area contributed by atoms with Gasteiger partial charge in [0.15, 0.2) is 45.7 Å². The smallest absolute Gasteiger partial charge is 0.344 e. The molecular weight excluding hydrogens is 620 g/mol. The number of carboxylic acid groups (broad SMARTS) is 2. The molecule has 0 aliphatic rings. The maximum atomic E-state index is 12.0. The lowest BCUT2D eigenvalue weighted by molar-refractivity contribution is 0.0683. The van der Waals surface area contributed by atoms with Crippen molar-refractivity contribution in [2.75, 3.05) is 0 Å². The van der Waals surface area contributed by atoms with Gasteiger partial charge in [-0.1, -0.05) is 0 Å². The van der Waals surface area contributed by atoms with Gasteiger partial charge in [0, 0.05) is 21.9 Å². The fourth-order valence-electron chi connectivity index (χ4n) is 4.86. The zero-order valence-electron chi connectivity index (χ0n) is 22.7. The molecule has 0 saturated carbocycles. The topological polar surface area (TPSA) is 317 Å². The Morgan fingerprint density at radius 2 is 0.891 bits per heavy atom. The molecule has 0 aliphatic heterocycles. The van der Waals surface area contributed by atoms with Crippen molar-refractivity contribution >= 4 is 44.6 Å². The van der Waals surface area contributed by atoms with Gasteiger partial charge in [-0.2, -0.15) is 0 Å². The summed E-state index contributed by atoms with van der Waals surface area (Å²) in [6.45, 7) is 1.30. The van der Waals surface area contributed by atoms with Gasteiger partial charge >= 0.3 is 23.2 Å². The van der Waals surface area contributed by atoms with Crippen LogP contribution in [0.1, 0.15) is 26.3 Å². The van der Waals surface area contributed by atoms with E-state index in [1.165, 1.54) is 6.92 Å². The van der Waals surface area contributed by atoms with Crippen LogP contribution in [0.25, 0.3) is 43.8 Å². The van der Waals surface area contributed by atoms with Gasteiger partial charge in [-0.15, -0.1) is 0 Å². The van der Waals surface area contributed by atoms with Gasteiger partial charge in [-0.3, -0.25) is 0 Å². The molecule has 0 unspecified atom stereocenters. The van der Waals surface area contributed by atoms with Gasteiger partial charge < -0.3 is 65.0 Å². The van der Waals surface area contributed by atoms with E-state index in [4.69, 9.17) is 8.83 Å². The summed E-state index contributed by atoms with van der Waals surface area (Å²) in [6.07, 6.45) is 0. The molecule has 0 aliphatic carbocycles. The number of rotatable bonds is 3. The van der Waals surface area contributed by atoms with Crippen LogP contribution in [0.15, 0.2) is 42.7 Å². The summed E-state index contributed by atoms with van der Waals surface area (Å²) in [6, 6.07) is 3.47. The van der Waals surface area contributed by atoms with Crippen molar-refractivity contribution in [3.8, 4) is 62.9 Å². The van der Waals surface area contributed by atoms with E-state index in [0.717, 1.165) is 18.2 Å². The number of carboxylic acids is 2. The second-order valence-corrected chi connectivity index (χ2v) is 9.71.